The molecular weight excluding hydrogens is 555 g/mol. The van der Waals surface area contributed by atoms with E-state index >= 15 is 0 Å². The number of carbonyl (C=O) groups excluding carboxylic acids is 3. The molecule has 1 N–H and O–H groups in total. The molecule has 0 aromatic heterocycles. The molecule has 0 aliphatic carbocycles. The van der Waals surface area contributed by atoms with E-state index < -0.39 is 5.82 Å². The van der Waals surface area contributed by atoms with Gasteiger partial charge in [-0.1, -0.05) is 60.1 Å². The predicted octanol–water partition coefficient (Wildman–Crippen LogP) is 5.72. The summed E-state index contributed by atoms with van der Waals surface area (Å²) in [4.78, 5) is 44.5. The van der Waals surface area contributed by atoms with Gasteiger partial charge < -0.3 is 20.0 Å². The van der Waals surface area contributed by atoms with E-state index in [-0.39, 0.29) is 30.8 Å². The molecule has 42 heavy (non-hydrogen) atoms. The lowest BCUT2D eigenvalue weighted by atomic mass is 10.1. The summed E-state index contributed by atoms with van der Waals surface area (Å²) in [7, 11) is 0. The number of nitrogens with zero attached hydrogens (tertiary/aromatic N) is 3. The molecule has 9 heteroatoms. The maximum Gasteiger partial charge on any atom is 0.256 e. The van der Waals surface area contributed by atoms with Crippen LogP contribution in [0.15, 0.2) is 103 Å². The minimum Gasteiger partial charge on any atom is -0.368 e. The fraction of sp³-hybridized carbons (Fsp3) is 0.182. The monoisotopic (exact) mass is 584 g/mol. The first-order chi connectivity index (χ1) is 20.4. The van der Waals surface area contributed by atoms with E-state index in [4.69, 9.17) is 11.6 Å². The first-order valence-corrected chi connectivity index (χ1v) is 14.0. The lowest BCUT2D eigenvalue weighted by Crippen LogP contribution is -2.48. The molecule has 0 unspecified atom stereocenters. The van der Waals surface area contributed by atoms with Crippen LogP contribution >= 0.6 is 11.6 Å². The number of piperazine rings is 1. The first kappa shape index (κ1) is 28.8. The lowest BCUT2D eigenvalue weighted by Gasteiger charge is -2.36. The quantitative estimate of drug-likeness (QED) is 0.287. The van der Waals surface area contributed by atoms with E-state index in [9.17, 15) is 18.8 Å². The summed E-state index contributed by atoms with van der Waals surface area (Å²) in [5, 5.41) is 3.22. The normalized spacial score (nSPS) is 13.0. The molecule has 0 atom stereocenters. The summed E-state index contributed by atoms with van der Waals surface area (Å²) in [6.45, 7) is 2.40. The first-order valence-electron chi connectivity index (χ1n) is 13.6. The fourth-order valence-electron chi connectivity index (χ4n) is 4.91. The molecular formula is C33H30ClFN4O3. The minimum atomic E-state index is -0.428. The van der Waals surface area contributed by atoms with Gasteiger partial charge in [0.2, 0.25) is 5.91 Å². The highest BCUT2D eigenvalue weighted by Gasteiger charge is 2.24. The van der Waals surface area contributed by atoms with Crippen LogP contribution in [-0.4, -0.2) is 60.2 Å². The molecule has 1 aliphatic heterocycles. The Hall–Kier alpha value is -4.69. The third kappa shape index (κ3) is 7.14. The number of hydrogen-bond donors (Lipinski definition) is 1. The second-order valence-electron chi connectivity index (χ2n) is 10.0. The SMILES string of the molecule is O=C(CN(Cc1ccccc1)C(=O)c1ccccc1Cl)Nc1ccc(N2CCN(C(=O)c3cccc(F)c3)CC2)cc1. The van der Waals surface area contributed by atoms with Crippen LogP contribution in [-0.2, 0) is 11.3 Å². The highest BCUT2D eigenvalue weighted by Crippen LogP contribution is 2.22. The number of hydrogen-bond acceptors (Lipinski definition) is 4. The zero-order chi connectivity index (χ0) is 29.5. The largest absolute Gasteiger partial charge is 0.368 e. The highest BCUT2D eigenvalue weighted by atomic mass is 35.5. The lowest BCUT2D eigenvalue weighted by molar-refractivity contribution is -0.117. The van der Waals surface area contributed by atoms with Gasteiger partial charge in [-0.3, -0.25) is 14.4 Å². The van der Waals surface area contributed by atoms with Crippen LogP contribution in [0.1, 0.15) is 26.3 Å². The zero-order valence-corrected chi connectivity index (χ0v) is 23.6. The molecule has 0 spiro atoms. The molecule has 214 valence electrons. The molecule has 1 aliphatic rings. The van der Waals surface area contributed by atoms with Gasteiger partial charge in [-0.25, -0.2) is 4.39 Å². The van der Waals surface area contributed by atoms with Crippen LogP contribution in [0.5, 0.6) is 0 Å². The predicted molar refractivity (Wildman–Crippen MR) is 162 cm³/mol. The Morgan fingerprint density at radius 1 is 0.810 bits per heavy atom. The summed E-state index contributed by atoms with van der Waals surface area (Å²) in [5.74, 6) is -1.27. The van der Waals surface area contributed by atoms with Gasteiger partial charge in [0.1, 0.15) is 12.4 Å². The Bertz CT molecular complexity index is 1560. The van der Waals surface area contributed by atoms with Crippen molar-refractivity contribution >= 4 is 40.7 Å². The van der Waals surface area contributed by atoms with Gasteiger partial charge in [-0.15, -0.1) is 0 Å². The fourth-order valence-corrected chi connectivity index (χ4v) is 5.13. The second kappa shape index (κ2) is 13.3. The number of benzene rings is 4. The van der Waals surface area contributed by atoms with Gasteiger partial charge >= 0.3 is 0 Å². The van der Waals surface area contributed by atoms with Crippen molar-refractivity contribution < 1.29 is 18.8 Å². The Kier molecular flexibility index (Phi) is 9.14. The maximum atomic E-state index is 13.5. The maximum absolute atomic E-state index is 13.5. The van der Waals surface area contributed by atoms with Crippen LogP contribution in [0, 0.1) is 5.82 Å². The van der Waals surface area contributed by atoms with E-state index in [0.29, 0.717) is 48.0 Å². The van der Waals surface area contributed by atoms with Crippen LogP contribution in [0.25, 0.3) is 0 Å². The smallest absolute Gasteiger partial charge is 0.256 e. The molecule has 1 fully saturated rings. The van der Waals surface area contributed by atoms with E-state index in [2.05, 4.69) is 10.2 Å². The van der Waals surface area contributed by atoms with Crippen molar-refractivity contribution in [2.24, 2.45) is 0 Å². The van der Waals surface area contributed by atoms with Crippen LogP contribution in [0.2, 0.25) is 5.02 Å². The van der Waals surface area contributed by atoms with Crippen molar-refractivity contribution in [3.05, 3.63) is 131 Å². The third-order valence-electron chi connectivity index (χ3n) is 7.10. The van der Waals surface area contributed by atoms with Gasteiger partial charge in [0, 0.05) is 49.7 Å². The molecule has 3 amide bonds. The average molecular weight is 585 g/mol. The Morgan fingerprint density at radius 2 is 1.50 bits per heavy atom. The van der Waals surface area contributed by atoms with E-state index in [1.54, 1.807) is 35.2 Å². The second-order valence-corrected chi connectivity index (χ2v) is 10.4. The molecule has 0 bridgehead atoms. The zero-order valence-electron chi connectivity index (χ0n) is 22.9. The summed E-state index contributed by atoms with van der Waals surface area (Å²) in [5.41, 5.74) is 3.15. The number of anilines is 2. The van der Waals surface area contributed by atoms with Crippen LogP contribution < -0.4 is 10.2 Å². The summed E-state index contributed by atoms with van der Waals surface area (Å²) in [6, 6.07) is 29.5. The number of rotatable bonds is 8. The Labute approximate surface area is 249 Å². The Morgan fingerprint density at radius 3 is 2.19 bits per heavy atom. The minimum absolute atomic E-state index is 0.151. The number of carbonyl (C=O) groups is 3. The van der Waals surface area contributed by atoms with Gasteiger partial charge in [0.05, 0.1) is 10.6 Å². The Balaban J connectivity index is 1.19. The third-order valence-corrected chi connectivity index (χ3v) is 7.43. The van der Waals surface area contributed by atoms with E-state index in [0.717, 1.165) is 11.3 Å². The van der Waals surface area contributed by atoms with Crippen LogP contribution in [0.3, 0.4) is 0 Å². The topological polar surface area (TPSA) is 73.0 Å². The van der Waals surface area contributed by atoms with Crippen molar-refractivity contribution in [2.75, 3.05) is 42.9 Å². The van der Waals surface area contributed by atoms with Crippen molar-refractivity contribution in [1.29, 1.82) is 0 Å². The van der Waals surface area contributed by atoms with Gasteiger partial charge in [0.25, 0.3) is 11.8 Å². The van der Waals surface area contributed by atoms with Crippen molar-refractivity contribution in [1.82, 2.24) is 9.80 Å². The number of halogens is 2. The van der Waals surface area contributed by atoms with E-state index in [1.807, 2.05) is 54.6 Å². The molecule has 5 rings (SSSR count). The molecule has 4 aromatic carbocycles. The van der Waals surface area contributed by atoms with Gasteiger partial charge in [-0.2, -0.15) is 0 Å². The highest BCUT2D eigenvalue weighted by molar-refractivity contribution is 6.33. The average Bonchev–Trinajstić information content (AvgIpc) is 3.01. The summed E-state index contributed by atoms with van der Waals surface area (Å²) >= 11 is 6.28. The van der Waals surface area contributed by atoms with Crippen molar-refractivity contribution in [2.45, 2.75) is 6.54 Å². The summed E-state index contributed by atoms with van der Waals surface area (Å²) in [6.07, 6.45) is 0. The van der Waals surface area contributed by atoms with E-state index in [1.165, 1.54) is 23.1 Å². The molecule has 1 heterocycles. The number of nitrogens with one attached hydrogen (secondary N) is 1. The number of amides is 3. The van der Waals surface area contributed by atoms with Crippen LogP contribution in [0.4, 0.5) is 15.8 Å². The molecule has 4 aromatic rings. The van der Waals surface area contributed by atoms with Gasteiger partial charge in [0.15, 0.2) is 0 Å². The van der Waals surface area contributed by atoms with Crippen molar-refractivity contribution in [3.8, 4) is 0 Å². The molecule has 7 nitrogen and oxygen atoms in total. The molecule has 0 saturated carbocycles. The summed E-state index contributed by atoms with van der Waals surface area (Å²) < 4.78 is 13.5. The van der Waals surface area contributed by atoms with Gasteiger partial charge in [-0.05, 0) is 60.2 Å². The van der Waals surface area contributed by atoms with Crippen molar-refractivity contribution in [3.63, 3.8) is 0 Å². The molecule has 0 radical (unpaired) electrons. The standard InChI is InChI=1S/C33H30ClFN4O3/c34-30-12-5-4-11-29(30)33(42)39(22-24-7-2-1-3-8-24)23-31(40)36-27-13-15-28(16-14-27)37-17-19-38(20-18-37)32(41)25-9-6-10-26(35)21-25/h1-16,21H,17-20,22-23H2,(H,36,40). The molecule has 1 saturated heterocycles.